The summed E-state index contributed by atoms with van der Waals surface area (Å²) in [5.74, 6) is 0.229. The molecule has 2 unspecified atom stereocenters. The van der Waals surface area contributed by atoms with Crippen molar-refractivity contribution < 1.29 is 28.6 Å². The van der Waals surface area contributed by atoms with Gasteiger partial charge < -0.3 is 24.4 Å². The standard InChI is InChI=1S/C25H30N2O6/c1-16(28)27-12-11-17-7-5-6-8-19(17)21(27)15-24(29)26-20(14-25(30)33-4)18-9-10-22(31-2)23(13-18)32-3/h5-10,13,20-21H,11-12,14-15H2,1-4H3,(H,26,29). The van der Waals surface area contributed by atoms with Crippen LogP contribution < -0.4 is 14.8 Å². The van der Waals surface area contributed by atoms with Crippen molar-refractivity contribution in [2.75, 3.05) is 27.9 Å². The SMILES string of the molecule is COC(=O)CC(NC(=O)CC1c2ccccc2CCN1C(C)=O)c1ccc(OC)c(OC)c1. The molecule has 2 amide bonds. The summed E-state index contributed by atoms with van der Waals surface area (Å²) in [5, 5.41) is 2.95. The lowest BCUT2D eigenvalue weighted by molar-refractivity contribution is -0.141. The van der Waals surface area contributed by atoms with Crippen LogP contribution >= 0.6 is 0 Å². The van der Waals surface area contributed by atoms with Crippen LogP contribution in [-0.4, -0.2) is 50.6 Å². The van der Waals surface area contributed by atoms with Gasteiger partial charge >= 0.3 is 5.97 Å². The van der Waals surface area contributed by atoms with Gasteiger partial charge in [-0.1, -0.05) is 30.3 Å². The van der Waals surface area contributed by atoms with E-state index in [2.05, 4.69) is 5.32 Å². The van der Waals surface area contributed by atoms with Gasteiger partial charge in [0.05, 0.1) is 46.3 Å². The summed E-state index contributed by atoms with van der Waals surface area (Å²) >= 11 is 0. The molecule has 1 aliphatic heterocycles. The van der Waals surface area contributed by atoms with Crippen LogP contribution in [0.15, 0.2) is 42.5 Å². The molecule has 3 rings (SSSR count). The average molecular weight is 455 g/mol. The highest BCUT2D eigenvalue weighted by atomic mass is 16.5. The molecule has 2 aromatic rings. The molecule has 0 spiro atoms. The Morgan fingerprint density at radius 3 is 2.45 bits per heavy atom. The molecule has 8 nitrogen and oxygen atoms in total. The van der Waals surface area contributed by atoms with Crippen molar-refractivity contribution in [1.82, 2.24) is 10.2 Å². The maximum atomic E-state index is 13.2. The number of hydrogen-bond donors (Lipinski definition) is 1. The van der Waals surface area contributed by atoms with Gasteiger partial charge in [0.1, 0.15) is 0 Å². The van der Waals surface area contributed by atoms with Crippen LogP contribution in [0.4, 0.5) is 0 Å². The average Bonchev–Trinajstić information content (AvgIpc) is 2.82. The van der Waals surface area contributed by atoms with Crippen LogP contribution in [0, 0.1) is 0 Å². The van der Waals surface area contributed by atoms with E-state index >= 15 is 0 Å². The van der Waals surface area contributed by atoms with E-state index in [0.717, 1.165) is 17.5 Å². The molecule has 2 atom stereocenters. The second-order valence-corrected chi connectivity index (χ2v) is 7.90. The Kier molecular flexibility index (Phi) is 7.92. The Labute approximate surface area is 193 Å². The first-order valence-corrected chi connectivity index (χ1v) is 10.8. The molecule has 0 saturated heterocycles. The highest BCUT2D eigenvalue weighted by Gasteiger charge is 2.31. The molecule has 0 fully saturated rings. The van der Waals surface area contributed by atoms with Crippen LogP contribution in [0.25, 0.3) is 0 Å². The Bertz CT molecular complexity index is 1020. The summed E-state index contributed by atoms with van der Waals surface area (Å²) in [5.41, 5.74) is 2.79. The van der Waals surface area contributed by atoms with Gasteiger partial charge in [-0.15, -0.1) is 0 Å². The summed E-state index contributed by atoms with van der Waals surface area (Å²) < 4.78 is 15.5. The minimum Gasteiger partial charge on any atom is -0.493 e. The fourth-order valence-electron chi connectivity index (χ4n) is 4.25. The number of carbonyl (C=O) groups excluding carboxylic acids is 3. The van der Waals surface area contributed by atoms with Gasteiger partial charge in [-0.3, -0.25) is 14.4 Å². The topological polar surface area (TPSA) is 94.2 Å². The second kappa shape index (κ2) is 10.8. The predicted molar refractivity (Wildman–Crippen MR) is 122 cm³/mol. The lowest BCUT2D eigenvalue weighted by atomic mass is 9.90. The van der Waals surface area contributed by atoms with Crippen molar-refractivity contribution in [2.45, 2.75) is 38.3 Å². The minimum atomic E-state index is -0.630. The summed E-state index contributed by atoms with van der Waals surface area (Å²) in [6.45, 7) is 2.08. The number of fused-ring (bicyclic) bond motifs is 1. The van der Waals surface area contributed by atoms with Crippen LogP contribution in [0.5, 0.6) is 11.5 Å². The number of rotatable bonds is 8. The molecule has 1 N–H and O–H groups in total. The molecule has 0 radical (unpaired) electrons. The minimum absolute atomic E-state index is 0.0462. The van der Waals surface area contributed by atoms with E-state index in [1.807, 2.05) is 24.3 Å². The number of methoxy groups -OCH3 is 3. The summed E-state index contributed by atoms with van der Waals surface area (Å²) in [4.78, 5) is 39.2. The highest BCUT2D eigenvalue weighted by Crippen LogP contribution is 2.34. The molecule has 33 heavy (non-hydrogen) atoms. The molecule has 1 heterocycles. The van der Waals surface area contributed by atoms with E-state index < -0.39 is 12.0 Å². The molecule has 0 saturated carbocycles. The van der Waals surface area contributed by atoms with Gasteiger partial charge in [-0.05, 0) is 35.2 Å². The molecule has 0 aliphatic carbocycles. The lowest BCUT2D eigenvalue weighted by Gasteiger charge is -2.36. The van der Waals surface area contributed by atoms with Crippen LogP contribution in [0.3, 0.4) is 0 Å². The van der Waals surface area contributed by atoms with Gasteiger partial charge in [-0.2, -0.15) is 0 Å². The molecule has 2 aromatic carbocycles. The molecular weight excluding hydrogens is 424 g/mol. The number of benzene rings is 2. The summed E-state index contributed by atoms with van der Waals surface area (Å²) in [7, 11) is 4.36. The van der Waals surface area contributed by atoms with Crippen molar-refractivity contribution in [3.63, 3.8) is 0 Å². The lowest BCUT2D eigenvalue weighted by Crippen LogP contribution is -2.41. The Balaban J connectivity index is 1.85. The van der Waals surface area contributed by atoms with Crippen molar-refractivity contribution in [3.05, 3.63) is 59.2 Å². The zero-order valence-corrected chi connectivity index (χ0v) is 19.4. The number of nitrogens with one attached hydrogen (secondary N) is 1. The molecule has 176 valence electrons. The zero-order chi connectivity index (χ0) is 24.0. The maximum absolute atomic E-state index is 13.2. The first-order valence-electron chi connectivity index (χ1n) is 10.8. The molecule has 1 aliphatic rings. The van der Waals surface area contributed by atoms with Gasteiger partial charge in [0.2, 0.25) is 11.8 Å². The summed E-state index contributed by atoms with van der Waals surface area (Å²) in [6.07, 6.45) is 0.793. The van der Waals surface area contributed by atoms with Crippen LogP contribution in [-0.2, 0) is 25.5 Å². The van der Waals surface area contributed by atoms with Crippen molar-refractivity contribution >= 4 is 17.8 Å². The van der Waals surface area contributed by atoms with E-state index in [0.29, 0.717) is 23.6 Å². The Morgan fingerprint density at radius 2 is 1.79 bits per heavy atom. The van der Waals surface area contributed by atoms with Gasteiger partial charge in [-0.25, -0.2) is 0 Å². The maximum Gasteiger partial charge on any atom is 0.307 e. The number of ether oxygens (including phenoxy) is 3. The molecular formula is C25H30N2O6. The van der Waals surface area contributed by atoms with Crippen molar-refractivity contribution in [1.29, 1.82) is 0 Å². The number of esters is 1. The van der Waals surface area contributed by atoms with E-state index in [4.69, 9.17) is 14.2 Å². The van der Waals surface area contributed by atoms with Crippen molar-refractivity contribution in [3.8, 4) is 11.5 Å². The Hall–Kier alpha value is -3.55. The number of carbonyl (C=O) groups is 3. The molecule has 0 aromatic heterocycles. The highest BCUT2D eigenvalue weighted by molar-refractivity contribution is 5.81. The fourth-order valence-corrected chi connectivity index (χ4v) is 4.25. The third-order valence-corrected chi connectivity index (χ3v) is 5.94. The molecule has 0 bridgehead atoms. The van der Waals surface area contributed by atoms with Gasteiger partial charge in [0, 0.05) is 13.5 Å². The van der Waals surface area contributed by atoms with Crippen LogP contribution in [0.2, 0.25) is 0 Å². The summed E-state index contributed by atoms with van der Waals surface area (Å²) in [6, 6.07) is 12.1. The fraction of sp³-hybridized carbons (Fsp3) is 0.400. The van der Waals surface area contributed by atoms with Crippen LogP contribution in [0.1, 0.15) is 48.5 Å². The largest absolute Gasteiger partial charge is 0.493 e. The van der Waals surface area contributed by atoms with Gasteiger partial charge in [0.15, 0.2) is 11.5 Å². The zero-order valence-electron chi connectivity index (χ0n) is 19.4. The second-order valence-electron chi connectivity index (χ2n) is 7.90. The van der Waals surface area contributed by atoms with E-state index in [-0.39, 0.29) is 30.7 Å². The van der Waals surface area contributed by atoms with E-state index in [1.165, 1.54) is 28.3 Å². The smallest absolute Gasteiger partial charge is 0.307 e. The predicted octanol–water partition coefficient (Wildman–Crippen LogP) is 2.96. The number of amides is 2. The first kappa shape index (κ1) is 24.1. The quantitative estimate of drug-likeness (QED) is 0.617. The first-order chi connectivity index (χ1) is 15.9. The van der Waals surface area contributed by atoms with E-state index in [9.17, 15) is 14.4 Å². The monoisotopic (exact) mass is 454 g/mol. The van der Waals surface area contributed by atoms with Crippen molar-refractivity contribution in [2.24, 2.45) is 0 Å². The normalized spacial score (nSPS) is 15.8. The number of nitrogens with zero attached hydrogens (tertiary/aromatic N) is 1. The third kappa shape index (κ3) is 5.63. The number of hydrogen-bond acceptors (Lipinski definition) is 6. The van der Waals surface area contributed by atoms with E-state index in [1.54, 1.807) is 23.1 Å². The van der Waals surface area contributed by atoms with Gasteiger partial charge in [0.25, 0.3) is 0 Å². The molecule has 8 heteroatoms. The Morgan fingerprint density at radius 1 is 1.06 bits per heavy atom. The third-order valence-electron chi connectivity index (χ3n) is 5.94.